The van der Waals surface area contributed by atoms with Gasteiger partial charge in [-0.1, -0.05) is 6.07 Å². The first-order valence-corrected chi connectivity index (χ1v) is 13.7. The number of ether oxygens (including phenoxy) is 2. The number of halogens is 27. The summed E-state index contributed by atoms with van der Waals surface area (Å²) in [6, 6.07) is 2.85. The minimum Gasteiger partial charge on any atom is -0.453 e. The van der Waals surface area contributed by atoms with Gasteiger partial charge < -0.3 is 9.47 Å². The Hall–Kier alpha value is -4.13. The Morgan fingerprint density at radius 3 is 1.14 bits per heavy atom. The van der Waals surface area contributed by atoms with Crippen LogP contribution in [0.25, 0.3) is 0 Å². The van der Waals surface area contributed by atoms with Gasteiger partial charge in [0.2, 0.25) is 0 Å². The third-order valence-electron chi connectivity index (χ3n) is 7.31. The molecule has 58 heavy (non-hydrogen) atoms. The van der Waals surface area contributed by atoms with Crippen molar-refractivity contribution in [1.29, 1.82) is 0 Å². The summed E-state index contributed by atoms with van der Waals surface area (Å²) in [6.07, 6.45) is -14.8. The van der Waals surface area contributed by atoms with Crippen molar-refractivity contribution in [2.45, 2.75) is 90.6 Å². The van der Waals surface area contributed by atoms with E-state index in [1.54, 1.807) is 5.32 Å². The van der Waals surface area contributed by atoms with Crippen LogP contribution in [0, 0.1) is 6.92 Å². The Bertz CT molecular complexity index is 1670. The topological polar surface area (TPSA) is 76.7 Å². The van der Waals surface area contributed by atoms with Gasteiger partial charge in [-0.3, -0.25) is 10.6 Å². The standard InChI is InChI=1S/C25H15F27N2O4/c1-8-3-4-9(7-10(8)54-11(55)57-2)53-12(56)58-6-5-13(26,27)14(28,29)15(30,31)16(32,33)17(34,35)18(36,37)19(38,39)20(40,41)21(42,43)22(44,45)23(46,47)24(48,49)25(50,51)52/h3-4,7H,5-6H2,1-2H3,(H,53,56)(H,54,55). The molecule has 1 rings (SSSR count). The number of aryl methyl sites for hydroxylation is 1. The van der Waals surface area contributed by atoms with Gasteiger partial charge in [-0.25, -0.2) is 9.59 Å². The van der Waals surface area contributed by atoms with Crippen LogP contribution in [0.5, 0.6) is 0 Å². The van der Waals surface area contributed by atoms with Crippen molar-refractivity contribution in [2.75, 3.05) is 24.4 Å². The zero-order valence-electron chi connectivity index (χ0n) is 27.0. The van der Waals surface area contributed by atoms with E-state index < -0.39 is 108 Å². The zero-order valence-corrected chi connectivity index (χ0v) is 27.0. The second kappa shape index (κ2) is 14.9. The van der Waals surface area contributed by atoms with Crippen LogP contribution in [0.4, 0.5) is 140 Å². The molecule has 1 aromatic carbocycles. The van der Waals surface area contributed by atoms with E-state index in [1.165, 1.54) is 6.92 Å². The van der Waals surface area contributed by atoms with Crippen LogP contribution in [0.15, 0.2) is 18.2 Å². The monoisotopic (exact) mass is 920 g/mol. The first-order valence-electron chi connectivity index (χ1n) is 13.7. The van der Waals surface area contributed by atoms with E-state index in [0.717, 1.165) is 25.3 Å². The molecule has 0 bridgehead atoms. The largest absolute Gasteiger partial charge is 0.460 e. The summed E-state index contributed by atoms with van der Waals surface area (Å²) in [5.41, 5.74) is -0.465. The highest BCUT2D eigenvalue weighted by Gasteiger charge is 3.00. The Labute approximate surface area is 300 Å². The molecule has 2 N–H and O–H groups in total. The number of nitrogens with one attached hydrogen (secondary N) is 2. The van der Waals surface area contributed by atoms with Crippen LogP contribution < -0.4 is 10.6 Å². The van der Waals surface area contributed by atoms with Gasteiger partial charge >= 0.3 is 89.4 Å². The zero-order chi connectivity index (χ0) is 46.8. The Morgan fingerprint density at radius 1 is 0.483 bits per heavy atom. The molecule has 0 spiro atoms. The number of carbonyl (C=O) groups excluding carboxylic acids is 2. The van der Waals surface area contributed by atoms with Crippen molar-refractivity contribution in [3.05, 3.63) is 23.8 Å². The maximum Gasteiger partial charge on any atom is 0.460 e. The number of alkyl halides is 27. The van der Waals surface area contributed by atoms with Crippen molar-refractivity contribution in [3.8, 4) is 0 Å². The summed E-state index contributed by atoms with van der Waals surface area (Å²) in [4.78, 5) is 23.1. The molecule has 0 aliphatic carbocycles. The molecule has 0 heterocycles. The number of rotatable bonds is 16. The maximum absolute atomic E-state index is 14.1. The van der Waals surface area contributed by atoms with Crippen molar-refractivity contribution in [1.82, 2.24) is 0 Å². The molecule has 0 unspecified atom stereocenters. The van der Waals surface area contributed by atoms with Crippen LogP contribution in [-0.2, 0) is 9.47 Å². The fourth-order valence-corrected chi connectivity index (χ4v) is 3.76. The lowest BCUT2D eigenvalue weighted by Gasteiger charge is -2.46. The molecule has 0 atom stereocenters. The highest BCUT2D eigenvalue weighted by atomic mass is 19.4. The molecule has 0 aromatic heterocycles. The molecule has 338 valence electrons. The highest BCUT2D eigenvalue weighted by molar-refractivity contribution is 5.89. The minimum absolute atomic E-state index is 0.179. The molecule has 2 amide bonds. The van der Waals surface area contributed by atoms with Crippen molar-refractivity contribution >= 4 is 23.6 Å². The number of benzene rings is 1. The average molecular weight is 920 g/mol. The maximum atomic E-state index is 14.1. The van der Waals surface area contributed by atoms with Crippen LogP contribution in [0.1, 0.15) is 12.0 Å². The number of amides is 2. The second-order valence-corrected chi connectivity index (χ2v) is 11.2. The van der Waals surface area contributed by atoms with E-state index >= 15 is 0 Å². The van der Waals surface area contributed by atoms with Gasteiger partial charge in [0.05, 0.1) is 20.1 Å². The van der Waals surface area contributed by atoms with Gasteiger partial charge in [0.1, 0.15) is 0 Å². The van der Waals surface area contributed by atoms with Gasteiger partial charge in [0.25, 0.3) is 0 Å². The summed E-state index contributed by atoms with van der Waals surface area (Å²) in [6.45, 7) is -1.11. The van der Waals surface area contributed by atoms with Crippen LogP contribution in [0.3, 0.4) is 0 Å². The first kappa shape index (κ1) is 51.9. The van der Waals surface area contributed by atoms with Gasteiger partial charge in [-0.05, 0) is 24.6 Å². The average Bonchev–Trinajstić information content (AvgIpc) is 3.04. The fraction of sp³-hybridized carbons (Fsp3) is 0.680. The number of hydrogen-bond donors (Lipinski definition) is 2. The molecule has 0 radical (unpaired) electrons. The molecule has 0 fully saturated rings. The Balaban J connectivity index is 3.55. The molecular formula is C25H15F27N2O4. The van der Waals surface area contributed by atoms with E-state index in [9.17, 15) is 128 Å². The summed E-state index contributed by atoms with van der Waals surface area (Å²) in [5.74, 6) is -110. The number of carbonyl (C=O) groups is 2. The minimum atomic E-state index is -9.86. The number of anilines is 2. The van der Waals surface area contributed by atoms with Crippen molar-refractivity contribution in [2.24, 2.45) is 0 Å². The quantitative estimate of drug-likeness (QED) is 0.162. The number of hydrogen-bond acceptors (Lipinski definition) is 4. The Kier molecular flexibility index (Phi) is 13.3. The molecule has 1 aromatic rings. The van der Waals surface area contributed by atoms with E-state index in [1.807, 2.05) is 5.32 Å². The van der Waals surface area contributed by atoms with Gasteiger partial charge in [-0.2, -0.15) is 119 Å². The van der Waals surface area contributed by atoms with E-state index in [0.29, 0.717) is 0 Å². The van der Waals surface area contributed by atoms with Gasteiger partial charge in [-0.15, -0.1) is 0 Å². The van der Waals surface area contributed by atoms with Crippen molar-refractivity contribution in [3.63, 3.8) is 0 Å². The molecule has 0 aliphatic heterocycles. The lowest BCUT2D eigenvalue weighted by atomic mass is 9.84. The predicted molar refractivity (Wildman–Crippen MR) is 132 cm³/mol. The summed E-state index contributed by atoms with van der Waals surface area (Å²) in [5, 5.41) is 3.63. The molecular weight excluding hydrogens is 905 g/mol. The second-order valence-electron chi connectivity index (χ2n) is 11.2. The third kappa shape index (κ3) is 7.49. The molecule has 0 aliphatic rings. The normalized spacial score (nSPS) is 15.3. The lowest BCUT2D eigenvalue weighted by molar-refractivity contribution is -0.485. The number of methoxy groups -OCH3 is 1. The van der Waals surface area contributed by atoms with Gasteiger partial charge in [0, 0.05) is 11.4 Å². The van der Waals surface area contributed by atoms with Gasteiger partial charge in [0.15, 0.2) is 0 Å². The SMILES string of the molecule is COC(=O)Nc1cc(NC(=O)OCCC(F)(F)C(F)(F)C(F)(F)C(F)(F)C(F)(F)C(F)(F)C(F)(F)C(F)(F)C(F)(F)C(F)(F)C(F)(F)C(F)(F)C(F)(F)F)ccc1C. The van der Waals surface area contributed by atoms with Crippen molar-refractivity contribution < 1.29 is 138 Å². The van der Waals surface area contributed by atoms with Crippen LogP contribution >= 0.6 is 0 Å². The summed E-state index contributed by atoms with van der Waals surface area (Å²) >= 11 is 0. The van der Waals surface area contributed by atoms with E-state index in [4.69, 9.17) is 0 Å². The van der Waals surface area contributed by atoms with Crippen LogP contribution in [-0.4, -0.2) is 103 Å². The van der Waals surface area contributed by atoms with E-state index in [-0.39, 0.29) is 11.3 Å². The summed E-state index contributed by atoms with van der Waals surface area (Å²) < 4.78 is 376. The predicted octanol–water partition coefficient (Wildman–Crippen LogP) is 11.3. The summed E-state index contributed by atoms with van der Waals surface area (Å²) in [7, 11) is 0.873. The third-order valence-corrected chi connectivity index (χ3v) is 7.31. The smallest absolute Gasteiger partial charge is 0.453 e. The first-order chi connectivity index (χ1) is 25.2. The molecule has 0 saturated carbocycles. The van der Waals surface area contributed by atoms with Crippen LogP contribution in [0.2, 0.25) is 0 Å². The fourth-order valence-electron chi connectivity index (χ4n) is 3.76. The Morgan fingerprint density at radius 2 is 0.810 bits per heavy atom. The molecule has 6 nitrogen and oxygen atoms in total. The molecule has 33 heteroatoms. The molecule has 0 saturated heterocycles. The lowest BCUT2D eigenvalue weighted by Crippen LogP contribution is -2.78. The van der Waals surface area contributed by atoms with E-state index in [2.05, 4.69) is 9.47 Å². The highest BCUT2D eigenvalue weighted by Crippen LogP contribution is 2.68.